The Bertz CT molecular complexity index is 381. The molecule has 2 unspecified atom stereocenters. The SMILES string of the molecule is CC12CCC(=O)N1C(C(=O)N1CCCCC1)CS2. The molecule has 5 heteroatoms. The first-order valence-corrected chi connectivity index (χ1v) is 7.85. The van der Waals surface area contributed by atoms with Crippen molar-refractivity contribution in [1.29, 1.82) is 0 Å². The summed E-state index contributed by atoms with van der Waals surface area (Å²) in [5.41, 5.74) is 0. The highest BCUT2D eigenvalue weighted by Gasteiger charge is 2.53. The van der Waals surface area contributed by atoms with Crippen LogP contribution < -0.4 is 0 Å². The van der Waals surface area contributed by atoms with E-state index in [0.717, 1.165) is 38.1 Å². The van der Waals surface area contributed by atoms with Crippen LogP contribution in [0.4, 0.5) is 0 Å². The van der Waals surface area contributed by atoms with E-state index in [1.165, 1.54) is 6.42 Å². The maximum absolute atomic E-state index is 12.5. The number of hydrogen-bond acceptors (Lipinski definition) is 3. The minimum atomic E-state index is -0.201. The molecule has 0 aliphatic carbocycles. The molecule has 0 radical (unpaired) electrons. The Hall–Kier alpha value is -0.710. The summed E-state index contributed by atoms with van der Waals surface area (Å²) in [6, 6.07) is -0.201. The van der Waals surface area contributed by atoms with Crippen LogP contribution in [0.15, 0.2) is 0 Å². The molecule has 0 aromatic heterocycles. The number of rotatable bonds is 1. The number of nitrogens with zero attached hydrogens (tertiary/aromatic N) is 2. The van der Waals surface area contributed by atoms with Crippen LogP contribution in [0.5, 0.6) is 0 Å². The van der Waals surface area contributed by atoms with E-state index in [4.69, 9.17) is 0 Å². The molecule has 2 atom stereocenters. The van der Waals surface area contributed by atoms with Gasteiger partial charge in [0, 0.05) is 25.3 Å². The maximum atomic E-state index is 12.5. The number of likely N-dealkylation sites (tertiary alicyclic amines) is 1. The van der Waals surface area contributed by atoms with Crippen LogP contribution in [-0.4, -0.2) is 51.4 Å². The molecule has 2 amide bonds. The lowest BCUT2D eigenvalue weighted by Crippen LogP contribution is -2.52. The van der Waals surface area contributed by atoms with Gasteiger partial charge in [0.1, 0.15) is 6.04 Å². The van der Waals surface area contributed by atoms with E-state index in [1.54, 1.807) is 11.8 Å². The topological polar surface area (TPSA) is 40.6 Å². The first-order chi connectivity index (χ1) is 8.62. The number of hydrogen-bond donors (Lipinski definition) is 0. The largest absolute Gasteiger partial charge is 0.341 e. The van der Waals surface area contributed by atoms with Gasteiger partial charge < -0.3 is 9.80 Å². The molecule has 3 aliphatic heterocycles. The van der Waals surface area contributed by atoms with Gasteiger partial charge in [-0.2, -0.15) is 0 Å². The maximum Gasteiger partial charge on any atom is 0.246 e. The second kappa shape index (κ2) is 4.44. The van der Waals surface area contributed by atoms with Crippen LogP contribution in [0.3, 0.4) is 0 Å². The Morgan fingerprint density at radius 2 is 2.06 bits per heavy atom. The van der Waals surface area contributed by atoms with Crippen molar-refractivity contribution in [3.05, 3.63) is 0 Å². The van der Waals surface area contributed by atoms with Crippen molar-refractivity contribution in [3.63, 3.8) is 0 Å². The molecule has 3 saturated heterocycles. The summed E-state index contributed by atoms with van der Waals surface area (Å²) < 4.78 is 0. The molecule has 18 heavy (non-hydrogen) atoms. The van der Waals surface area contributed by atoms with Crippen LogP contribution in [0.1, 0.15) is 39.0 Å². The fraction of sp³-hybridized carbons (Fsp3) is 0.846. The smallest absolute Gasteiger partial charge is 0.246 e. The number of carbonyl (C=O) groups excluding carboxylic acids is 2. The van der Waals surface area contributed by atoms with Crippen molar-refractivity contribution >= 4 is 23.6 Å². The molecule has 100 valence electrons. The zero-order chi connectivity index (χ0) is 12.8. The van der Waals surface area contributed by atoms with Gasteiger partial charge in [-0.15, -0.1) is 11.8 Å². The van der Waals surface area contributed by atoms with Gasteiger partial charge in [0.25, 0.3) is 0 Å². The Balaban J connectivity index is 1.76. The first-order valence-electron chi connectivity index (χ1n) is 6.87. The average molecular weight is 268 g/mol. The molecule has 0 N–H and O–H groups in total. The fourth-order valence-corrected chi connectivity index (χ4v) is 4.75. The Kier molecular flexibility index (Phi) is 3.04. The van der Waals surface area contributed by atoms with E-state index >= 15 is 0 Å². The number of fused-ring (bicyclic) bond motifs is 1. The standard InChI is InChI=1S/C13H20N2O2S/c1-13-6-5-11(16)15(13)10(9-18-13)12(17)14-7-3-2-4-8-14/h10H,2-9H2,1H3. The van der Waals surface area contributed by atoms with Gasteiger partial charge >= 0.3 is 0 Å². The summed E-state index contributed by atoms with van der Waals surface area (Å²) in [7, 11) is 0. The highest BCUT2D eigenvalue weighted by Crippen LogP contribution is 2.47. The quantitative estimate of drug-likeness (QED) is 0.723. The number of thioether (sulfide) groups is 1. The summed E-state index contributed by atoms with van der Waals surface area (Å²) in [5.74, 6) is 1.12. The van der Waals surface area contributed by atoms with Crippen molar-refractivity contribution in [2.45, 2.75) is 49.9 Å². The number of amides is 2. The van der Waals surface area contributed by atoms with E-state index in [1.807, 2.05) is 9.80 Å². The van der Waals surface area contributed by atoms with Gasteiger partial charge in [-0.3, -0.25) is 9.59 Å². The van der Waals surface area contributed by atoms with Gasteiger partial charge in [0.05, 0.1) is 4.87 Å². The molecule has 0 bridgehead atoms. The number of carbonyl (C=O) groups is 2. The normalized spacial score (nSPS) is 36.1. The summed E-state index contributed by atoms with van der Waals surface area (Å²) in [5, 5.41) is 0. The van der Waals surface area contributed by atoms with Crippen molar-refractivity contribution in [3.8, 4) is 0 Å². The zero-order valence-corrected chi connectivity index (χ0v) is 11.7. The summed E-state index contributed by atoms with van der Waals surface area (Å²) in [6.07, 6.45) is 4.94. The first kappa shape index (κ1) is 12.3. The van der Waals surface area contributed by atoms with Gasteiger partial charge in [0.15, 0.2) is 0 Å². The fourth-order valence-electron chi connectivity index (χ4n) is 3.33. The van der Waals surface area contributed by atoms with E-state index in [2.05, 4.69) is 6.92 Å². The molecule has 3 heterocycles. The van der Waals surface area contributed by atoms with Crippen LogP contribution >= 0.6 is 11.8 Å². The second-order valence-corrected chi connectivity index (χ2v) is 7.15. The van der Waals surface area contributed by atoms with E-state index < -0.39 is 0 Å². The van der Waals surface area contributed by atoms with Crippen LogP contribution in [0.25, 0.3) is 0 Å². The van der Waals surface area contributed by atoms with E-state index in [0.29, 0.717) is 6.42 Å². The average Bonchev–Trinajstić information content (AvgIpc) is 2.87. The highest BCUT2D eigenvalue weighted by atomic mass is 32.2. The molecular formula is C13H20N2O2S. The van der Waals surface area contributed by atoms with E-state index in [9.17, 15) is 9.59 Å². The molecule has 0 saturated carbocycles. The summed E-state index contributed by atoms with van der Waals surface area (Å²) >= 11 is 1.78. The van der Waals surface area contributed by atoms with Gasteiger partial charge in [-0.1, -0.05) is 0 Å². The van der Waals surface area contributed by atoms with Crippen LogP contribution in [0, 0.1) is 0 Å². The molecule has 3 fully saturated rings. The lowest BCUT2D eigenvalue weighted by molar-refractivity contribution is -0.144. The van der Waals surface area contributed by atoms with Crippen molar-refractivity contribution in [1.82, 2.24) is 9.80 Å². The van der Waals surface area contributed by atoms with Gasteiger partial charge in [-0.25, -0.2) is 0 Å². The molecule has 0 aromatic rings. The predicted octanol–water partition coefficient (Wildman–Crippen LogP) is 1.45. The third-order valence-electron chi connectivity index (χ3n) is 4.40. The lowest BCUT2D eigenvalue weighted by Gasteiger charge is -2.34. The van der Waals surface area contributed by atoms with Crippen molar-refractivity contribution in [2.75, 3.05) is 18.8 Å². The Morgan fingerprint density at radius 3 is 2.78 bits per heavy atom. The third kappa shape index (κ3) is 1.83. The Labute approximate surface area is 112 Å². The minimum absolute atomic E-state index is 0.118. The number of piperidine rings is 1. The lowest BCUT2D eigenvalue weighted by atomic mass is 10.1. The summed E-state index contributed by atoms with van der Waals surface area (Å²) in [4.78, 5) is 28.3. The van der Waals surface area contributed by atoms with Gasteiger partial charge in [-0.05, 0) is 32.6 Å². The third-order valence-corrected chi connectivity index (χ3v) is 5.90. The van der Waals surface area contributed by atoms with Crippen molar-refractivity contribution in [2.24, 2.45) is 0 Å². The van der Waals surface area contributed by atoms with Crippen LogP contribution in [-0.2, 0) is 9.59 Å². The highest BCUT2D eigenvalue weighted by molar-refractivity contribution is 8.01. The van der Waals surface area contributed by atoms with E-state index in [-0.39, 0.29) is 22.7 Å². The molecule has 3 aliphatic rings. The molecular weight excluding hydrogens is 248 g/mol. The predicted molar refractivity (Wildman–Crippen MR) is 71.2 cm³/mol. The second-order valence-electron chi connectivity index (χ2n) is 5.65. The van der Waals surface area contributed by atoms with Crippen LogP contribution in [0.2, 0.25) is 0 Å². The zero-order valence-electron chi connectivity index (χ0n) is 10.9. The minimum Gasteiger partial charge on any atom is -0.341 e. The molecule has 0 spiro atoms. The molecule has 3 rings (SSSR count). The Morgan fingerprint density at radius 1 is 1.33 bits per heavy atom. The monoisotopic (exact) mass is 268 g/mol. The van der Waals surface area contributed by atoms with Gasteiger partial charge in [0.2, 0.25) is 11.8 Å². The molecule has 0 aromatic carbocycles. The summed E-state index contributed by atoms with van der Waals surface area (Å²) in [6.45, 7) is 3.85. The van der Waals surface area contributed by atoms with Crippen molar-refractivity contribution < 1.29 is 9.59 Å². The molecule has 4 nitrogen and oxygen atoms in total.